The lowest BCUT2D eigenvalue weighted by Crippen LogP contribution is -2.45. The second kappa shape index (κ2) is 6.03. The predicted molar refractivity (Wildman–Crippen MR) is 77.1 cm³/mol. The fourth-order valence-electron chi connectivity index (χ4n) is 1.91. The zero-order valence-electron chi connectivity index (χ0n) is 13.2. The molecule has 2 amide bonds. The van der Waals surface area contributed by atoms with Crippen molar-refractivity contribution in [1.29, 1.82) is 0 Å². The highest BCUT2D eigenvalue weighted by Gasteiger charge is 2.29. The smallest absolute Gasteiger partial charge is 0.323 e. The number of nitrogens with zero attached hydrogens (tertiary/aromatic N) is 2. The Morgan fingerprint density at radius 3 is 2.57 bits per heavy atom. The van der Waals surface area contributed by atoms with E-state index in [1.165, 1.54) is 4.90 Å². The SMILES string of the molecule is C[C@@H](C1OCCO1)N(C)C(=O)Nc1cc(C(C)(C)C)on1. The number of hydrogen-bond acceptors (Lipinski definition) is 5. The molecule has 1 aliphatic heterocycles. The standard InChI is InChI=1S/C14H23N3O4/c1-9(12-19-6-7-20-12)17(5)13(18)15-11-8-10(21-16-11)14(2,3)4/h8-9,12H,6-7H2,1-5H3,(H,15,16,18)/t9-/m0/s1. The summed E-state index contributed by atoms with van der Waals surface area (Å²) in [6.45, 7) is 9.04. The first-order chi connectivity index (χ1) is 9.79. The maximum absolute atomic E-state index is 12.2. The molecule has 1 aliphatic rings. The van der Waals surface area contributed by atoms with Gasteiger partial charge in [0.2, 0.25) is 0 Å². The zero-order valence-corrected chi connectivity index (χ0v) is 13.2. The Balaban J connectivity index is 1.95. The Morgan fingerprint density at radius 1 is 1.43 bits per heavy atom. The van der Waals surface area contributed by atoms with Crippen LogP contribution in [-0.2, 0) is 14.9 Å². The number of rotatable bonds is 3. The number of carbonyl (C=O) groups excluding carboxylic acids is 1. The number of likely N-dealkylation sites (N-methyl/N-ethyl adjacent to an activating group) is 1. The molecule has 1 aromatic heterocycles. The van der Waals surface area contributed by atoms with Gasteiger partial charge in [0.25, 0.3) is 0 Å². The third-order valence-corrected chi connectivity index (χ3v) is 3.46. The van der Waals surface area contributed by atoms with Crippen LogP contribution in [0.1, 0.15) is 33.5 Å². The van der Waals surface area contributed by atoms with E-state index in [1.54, 1.807) is 13.1 Å². The summed E-state index contributed by atoms with van der Waals surface area (Å²) >= 11 is 0. The molecule has 0 bridgehead atoms. The highest BCUT2D eigenvalue weighted by Crippen LogP contribution is 2.24. The van der Waals surface area contributed by atoms with Gasteiger partial charge in [0.15, 0.2) is 12.1 Å². The van der Waals surface area contributed by atoms with Crippen molar-refractivity contribution in [1.82, 2.24) is 10.1 Å². The molecule has 21 heavy (non-hydrogen) atoms. The zero-order chi connectivity index (χ0) is 15.6. The first kappa shape index (κ1) is 15.8. The van der Waals surface area contributed by atoms with Gasteiger partial charge in [0, 0.05) is 18.5 Å². The van der Waals surface area contributed by atoms with E-state index in [-0.39, 0.29) is 23.8 Å². The molecular weight excluding hydrogens is 274 g/mol. The summed E-state index contributed by atoms with van der Waals surface area (Å²) in [5.74, 6) is 1.12. The summed E-state index contributed by atoms with van der Waals surface area (Å²) in [5.41, 5.74) is -0.152. The van der Waals surface area contributed by atoms with E-state index in [2.05, 4.69) is 10.5 Å². The maximum atomic E-state index is 12.2. The van der Waals surface area contributed by atoms with Gasteiger partial charge in [-0.25, -0.2) is 4.79 Å². The van der Waals surface area contributed by atoms with Crippen molar-refractivity contribution in [3.05, 3.63) is 11.8 Å². The van der Waals surface area contributed by atoms with Crippen molar-refractivity contribution in [3.63, 3.8) is 0 Å². The van der Waals surface area contributed by atoms with Crippen molar-refractivity contribution in [2.75, 3.05) is 25.6 Å². The molecule has 2 rings (SSSR count). The van der Waals surface area contributed by atoms with Crippen LogP contribution >= 0.6 is 0 Å². The van der Waals surface area contributed by atoms with E-state index in [4.69, 9.17) is 14.0 Å². The summed E-state index contributed by atoms with van der Waals surface area (Å²) in [4.78, 5) is 13.7. The topological polar surface area (TPSA) is 76.8 Å². The molecule has 2 heterocycles. The van der Waals surface area contributed by atoms with Gasteiger partial charge in [-0.05, 0) is 6.92 Å². The van der Waals surface area contributed by atoms with E-state index in [0.717, 1.165) is 5.76 Å². The molecular formula is C14H23N3O4. The number of urea groups is 1. The molecule has 0 aromatic carbocycles. The molecule has 1 N–H and O–H groups in total. The number of carbonyl (C=O) groups is 1. The minimum atomic E-state index is -0.386. The molecule has 118 valence electrons. The summed E-state index contributed by atoms with van der Waals surface area (Å²) in [6, 6.07) is 1.26. The minimum absolute atomic E-state index is 0.152. The Morgan fingerprint density at radius 2 is 2.05 bits per heavy atom. The van der Waals surface area contributed by atoms with Gasteiger partial charge in [0.1, 0.15) is 5.76 Å². The van der Waals surface area contributed by atoms with Gasteiger partial charge >= 0.3 is 6.03 Å². The van der Waals surface area contributed by atoms with Crippen LogP contribution in [0.15, 0.2) is 10.6 Å². The Hall–Kier alpha value is -1.60. The molecule has 0 saturated carbocycles. The summed E-state index contributed by atoms with van der Waals surface area (Å²) in [7, 11) is 1.69. The summed E-state index contributed by atoms with van der Waals surface area (Å²) < 4.78 is 16.1. The number of ether oxygens (including phenoxy) is 2. The van der Waals surface area contributed by atoms with Gasteiger partial charge in [-0.1, -0.05) is 25.9 Å². The Kier molecular flexibility index (Phi) is 4.53. The van der Waals surface area contributed by atoms with Crippen molar-refractivity contribution in [3.8, 4) is 0 Å². The predicted octanol–water partition coefficient (Wildman–Crippen LogP) is 2.20. The second-order valence-electron chi connectivity index (χ2n) is 6.22. The van der Waals surface area contributed by atoms with Crippen molar-refractivity contribution in [2.45, 2.75) is 45.4 Å². The molecule has 1 aromatic rings. The highest BCUT2D eigenvalue weighted by molar-refractivity contribution is 5.88. The van der Waals surface area contributed by atoms with Crippen molar-refractivity contribution in [2.24, 2.45) is 0 Å². The van der Waals surface area contributed by atoms with Gasteiger partial charge in [-0.3, -0.25) is 5.32 Å². The fourth-order valence-corrected chi connectivity index (χ4v) is 1.91. The Labute approximate surface area is 124 Å². The largest absolute Gasteiger partial charge is 0.359 e. The molecule has 7 heteroatoms. The quantitative estimate of drug-likeness (QED) is 0.925. The van der Waals surface area contributed by atoms with E-state index >= 15 is 0 Å². The third-order valence-electron chi connectivity index (χ3n) is 3.46. The average molecular weight is 297 g/mol. The fraction of sp³-hybridized carbons (Fsp3) is 0.714. The monoisotopic (exact) mass is 297 g/mol. The van der Waals surface area contributed by atoms with E-state index < -0.39 is 0 Å². The first-order valence-electron chi connectivity index (χ1n) is 7.03. The van der Waals surface area contributed by atoms with Crippen LogP contribution in [0.4, 0.5) is 10.6 Å². The van der Waals surface area contributed by atoms with Crippen molar-refractivity contribution < 1.29 is 18.8 Å². The number of anilines is 1. The third kappa shape index (κ3) is 3.74. The van der Waals surface area contributed by atoms with Crippen LogP contribution in [0, 0.1) is 0 Å². The van der Waals surface area contributed by atoms with Gasteiger partial charge in [0.05, 0.1) is 19.3 Å². The molecule has 1 saturated heterocycles. The lowest BCUT2D eigenvalue weighted by molar-refractivity contribution is -0.0807. The second-order valence-corrected chi connectivity index (χ2v) is 6.22. The molecule has 1 fully saturated rings. The van der Waals surface area contributed by atoms with Crippen LogP contribution in [0.2, 0.25) is 0 Å². The van der Waals surface area contributed by atoms with Crippen LogP contribution in [-0.4, -0.2) is 48.7 Å². The molecule has 0 spiro atoms. The number of nitrogens with one attached hydrogen (secondary N) is 1. The average Bonchev–Trinajstić information content (AvgIpc) is 3.06. The lowest BCUT2D eigenvalue weighted by atomic mass is 9.93. The molecule has 0 aliphatic carbocycles. The number of hydrogen-bond donors (Lipinski definition) is 1. The van der Waals surface area contributed by atoms with Crippen molar-refractivity contribution >= 4 is 11.8 Å². The Bertz CT molecular complexity index is 489. The van der Waals surface area contributed by atoms with Crippen LogP contribution in [0.5, 0.6) is 0 Å². The molecule has 1 atom stereocenters. The van der Waals surface area contributed by atoms with Crippen LogP contribution < -0.4 is 5.32 Å². The molecule has 7 nitrogen and oxygen atoms in total. The van der Waals surface area contributed by atoms with Crippen LogP contribution in [0.25, 0.3) is 0 Å². The van der Waals surface area contributed by atoms with E-state index in [9.17, 15) is 4.79 Å². The summed E-state index contributed by atoms with van der Waals surface area (Å²) in [6.07, 6.45) is -0.386. The van der Waals surface area contributed by atoms with Crippen LogP contribution in [0.3, 0.4) is 0 Å². The number of amides is 2. The molecule has 0 radical (unpaired) electrons. The lowest BCUT2D eigenvalue weighted by Gasteiger charge is -2.27. The number of aromatic nitrogens is 1. The van der Waals surface area contributed by atoms with Gasteiger partial charge in [-0.2, -0.15) is 0 Å². The molecule has 0 unspecified atom stereocenters. The highest BCUT2D eigenvalue weighted by atomic mass is 16.7. The normalized spacial score (nSPS) is 17.8. The van der Waals surface area contributed by atoms with Gasteiger partial charge < -0.3 is 18.9 Å². The van der Waals surface area contributed by atoms with Gasteiger partial charge in [-0.15, -0.1) is 0 Å². The minimum Gasteiger partial charge on any atom is -0.359 e. The van der Waals surface area contributed by atoms with E-state index in [1.807, 2.05) is 27.7 Å². The summed E-state index contributed by atoms with van der Waals surface area (Å²) in [5, 5.41) is 6.58. The first-order valence-corrected chi connectivity index (χ1v) is 7.03. The van der Waals surface area contributed by atoms with E-state index in [0.29, 0.717) is 19.0 Å². The maximum Gasteiger partial charge on any atom is 0.323 e.